The second-order valence-electron chi connectivity index (χ2n) is 5.67. The number of rotatable bonds is 4. The molecule has 0 aliphatic heterocycles. The molecule has 4 rings (SSSR count). The van der Waals surface area contributed by atoms with Crippen LogP contribution in [0.2, 0.25) is 5.02 Å². The van der Waals surface area contributed by atoms with Crippen molar-refractivity contribution in [3.63, 3.8) is 0 Å². The van der Waals surface area contributed by atoms with Gasteiger partial charge in [0.25, 0.3) is 11.8 Å². The van der Waals surface area contributed by atoms with E-state index in [2.05, 4.69) is 16.0 Å². The molecule has 0 fully saturated rings. The zero-order valence-electron chi connectivity index (χ0n) is 14.3. The molecule has 0 atom stereocenters. The predicted molar refractivity (Wildman–Crippen MR) is 106 cm³/mol. The van der Waals surface area contributed by atoms with Crippen molar-refractivity contribution < 1.29 is 14.0 Å². The molecule has 28 heavy (non-hydrogen) atoms. The van der Waals surface area contributed by atoms with Crippen molar-refractivity contribution in [1.29, 1.82) is 0 Å². The molecule has 0 unspecified atom stereocenters. The van der Waals surface area contributed by atoms with Gasteiger partial charge in [0.15, 0.2) is 11.5 Å². The Morgan fingerprint density at radius 3 is 2.50 bits per heavy atom. The number of hydrazine groups is 1. The Morgan fingerprint density at radius 1 is 1.04 bits per heavy atom. The highest BCUT2D eigenvalue weighted by Gasteiger charge is 2.19. The van der Waals surface area contributed by atoms with Gasteiger partial charge in [-0.05, 0) is 47.8 Å². The second-order valence-corrected chi connectivity index (χ2v) is 7.05. The topological polar surface area (TPSA) is 89.2 Å². The van der Waals surface area contributed by atoms with E-state index in [4.69, 9.17) is 16.0 Å². The van der Waals surface area contributed by atoms with Crippen LogP contribution < -0.4 is 10.9 Å². The molecular formula is C19H13ClN4O3S. The van der Waals surface area contributed by atoms with E-state index in [-0.39, 0.29) is 5.69 Å². The highest BCUT2D eigenvalue weighted by Crippen LogP contribution is 2.25. The maximum Gasteiger partial charge on any atom is 0.290 e. The number of halogens is 1. The monoisotopic (exact) mass is 412 g/mol. The lowest BCUT2D eigenvalue weighted by Gasteiger charge is -2.06. The maximum atomic E-state index is 12.5. The van der Waals surface area contributed by atoms with Crippen LogP contribution in [0, 0.1) is 0 Å². The van der Waals surface area contributed by atoms with Crippen LogP contribution in [0.5, 0.6) is 0 Å². The molecule has 0 saturated carbocycles. The first-order valence-electron chi connectivity index (χ1n) is 8.16. The van der Waals surface area contributed by atoms with Gasteiger partial charge in [0.1, 0.15) is 5.69 Å². The average Bonchev–Trinajstić information content (AvgIpc) is 3.47. The third-order valence-electron chi connectivity index (χ3n) is 3.82. The number of nitrogens with one attached hydrogen (secondary N) is 2. The summed E-state index contributed by atoms with van der Waals surface area (Å²) in [6.45, 7) is 0. The highest BCUT2D eigenvalue weighted by atomic mass is 35.5. The normalized spacial score (nSPS) is 10.6. The van der Waals surface area contributed by atoms with Gasteiger partial charge in [-0.3, -0.25) is 20.4 Å². The Bertz CT molecular complexity index is 1100. The molecule has 2 amide bonds. The van der Waals surface area contributed by atoms with E-state index in [9.17, 15) is 9.59 Å². The first-order valence-corrected chi connectivity index (χ1v) is 9.41. The van der Waals surface area contributed by atoms with Crippen LogP contribution >= 0.6 is 22.9 Å². The maximum absolute atomic E-state index is 12.5. The molecule has 3 aromatic heterocycles. The summed E-state index contributed by atoms with van der Waals surface area (Å²) in [6, 6.07) is 15.5. The number of hydrogen-bond acceptors (Lipinski definition) is 5. The van der Waals surface area contributed by atoms with Gasteiger partial charge < -0.3 is 4.42 Å². The Hall–Kier alpha value is -3.36. The van der Waals surface area contributed by atoms with Gasteiger partial charge in [0, 0.05) is 11.1 Å². The SMILES string of the molecule is O=C(NNC(=O)c1cccs1)c1cc(-c2ccco2)n(-c2ccc(Cl)cc2)n1. The van der Waals surface area contributed by atoms with Gasteiger partial charge in [-0.1, -0.05) is 17.7 Å². The molecule has 1 aromatic carbocycles. The highest BCUT2D eigenvalue weighted by molar-refractivity contribution is 7.12. The molecule has 7 nitrogen and oxygen atoms in total. The average molecular weight is 413 g/mol. The minimum absolute atomic E-state index is 0.118. The Labute approximate surface area is 168 Å². The second kappa shape index (κ2) is 7.71. The van der Waals surface area contributed by atoms with Crippen LogP contribution in [-0.4, -0.2) is 21.6 Å². The predicted octanol–water partition coefficient (Wildman–Crippen LogP) is 3.92. The van der Waals surface area contributed by atoms with Crippen molar-refractivity contribution in [3.8, 4) is 17.1 Å². The summed E-state index contributed by atoms with van der Waals surface area (Å²) in [6.07, 6.45) is 1.54. The van der Waals surface area contributed by atoms with E-state index in [1.165, 1.54) is 17.6 Å². The van der Waals surface area contributed by atoms with E-state index in [1.807, 2.05) is 0 Å². The molecule has 0 radical (unpaired) electrons. The standard InChI is InChI=1S/C19H13ClN4O3S/c20-12-5-7-13(8-6-12)24-15(16-3-1-9-27-16)11-14(23-24)18(25)21-22-19(26)17-4-2-10-28-17/h1-11H,(H,21,25)(H,22,26). The number of carbonyl (C=O) groups is 2. The number of thiophene rings is 1. The number of nitrogens with zero attached hydrogens (tertiary/aromatic N) is 2. The minimum Gasteiger partial charge on any atom is -0.463 e. The third-order valence-corrected chi connectivity index (χ3v) is 4.94. The zero-order valence-corrected chi connectivity index (χ0v) is 15.8. The van der Waals surface area contributed by atoms with Gasteiger partial charge >= 0.3 is 0 Å². The Balaban J connectivity index is 1.60. The number of aromatic nitrogens is 2. The number of hydrogen-bond donors (Lipinski definition) is 2. The molecule has 0 aliphatic rings. The van der Waals surface area contributed by atoms with Crippen LogP contribution in [0.3, 0.4) is 0 Å². The van der Waals surface area contributed by atoms with Crippen LogP contribution in [0.15, 0.2) is 70.7 Å². The van der Waals surface area contributed by atoms with Gasteiger partial charge in [0.2, 0.25) is 0 Å². The van der Waals surface area contributed by atoms with Crippen molar-refractivity contribution in [3.05, 3.63) is 81.8 Å². The molecule has 3 heterocycles. The first kappa shape index (κ1) is 18.0. The van der Waals surface area contributed by atoms with E-state index < -0.39 is 11.8 Å². The van der Waals surface area contributed by atoms with E-state index in [1.54, 1.807) is 64.7 Å². The smallest absolute Gasteiger partial charge is 0.290 e. The number of benzene rings is 1. The minimum atomic E-state index is -0.551. The molecule has 0 aliphatic carbocycles. The van der Waals surface area contributed by atoms with Crippen LogP contribution in [0.1, 0.15) is 20.2 Å². The van der Waals surface area contributed by atoms with Crippen molar-refractivity contribution in [2.24, 2.45) is 0 Å². The molecule has 140 valence electrons. The van der Waals surface area contributed by atoms with Crippen LogP contribution in [0.4, 0.5) is 0 Å². The lowest BCUT2D eigenvalue weighted by atomic mass is 10.2. The fourth-order valence-corrected chi connectivity index (χ4v) is 3.26. The first-order chi connectivity index (χ1) is 13.6. The third kappa shape index (κ3) is 3.68. The summed E-state index contributed by atoms with van der Waals surface area (Å²) in [5.41, 5.74) is 6.16. The van der Waals surface area contributed by atoms with Gasteiger partial charge in [-0.15, -0.1) is 11.3 Å². The molecule has 0 spiro atoms. The van der Waals surface area contributed by atoms with Crippen molar-refractivity contribution >= 4 is 34.8 Å². The summed E-state index contributed by atoms with van der Waals surface area (Å²) >= 11 is 7.23. The number of carbonyl (C=O) groups excluding carboxylic acids is 2. The lowest BCUT2D eigenvalue weighted by molar-refractivity contribution is 0.0846. The number of furan rings is 1. The van der Waals surface area contributed by atoms with E-state index >= 15 is 0 Å². The van der Waals surface area contributed by atoms with Gasteiger partial charge in [-0.25, -0.2) is 4.68 Å². The van der Waals surface area contributed by atoms with Gasteiger partial charge in [-0.2, -0.15) is 5.10 Å². The lowest BCUT2D eigenvalue weighted by Crippen LogP contribution is -2.41. The molecular weight excluding hydrogens is 400 g/mol. The zero-order chi connectivity index (χ0) is 19.5. The van der Waals surface area contributed by atoms with Crippen molar-refractivity contribution in [1.82, 2.24) is 20.6 Å². The van der Waals surface area contributed by atoms with E-state index in [0.717, 1.165) is 0 Å². The van der Waals surface area contributed by atoms with Crippen molar-refractivity contribution in [2.45, 2.75) is 0 Å². The summed E-state index contributed by atoms with van der Waals surface area (Å²) in [5.74, 6) is -0.402. The quantitative estimate of drug-likeness (QED) is 0.497. The number of amides is 2. The Kier molecular flexibility index (Phi) is 4.96. The van der Waals surface area contributed by atoms with Crippen molar-refractivity contribution in [2.75, 3.05) is 0 Å². The Morgan fingerprint density at radius 2 is 1.82 bits per heavy atom. The fraction of sp³-hybridized carbons (Fsp3) is 0. The van der Waals surface area contributed by atoms with Gasteiger partial charge in [0.05, 0.1) is 16.8 Å². The summed E-state index contributed by atoms with van der Waals surface area (Å²) in [7, 11) is 0. The largest absolute Gasteiger partial charge is 0.463 e. The molecule has 0 bridgehead atoms. The molecule has 4 aromatic rings. The summed E-state index contributed by atoms with van der Waals surface area (Å²) < 4.78 is 7.03. The summed E-state index contributed by atoms with van der Waals surface area (Å²) in [4.78, 5) is 25.0. The fourth-order valence-electron chi connectivity index (χ4n) is 2.52. The molecule has 9 heteroatoms. The van der Waals surface area contributed by atoms with E-state index in [0.29, 0.717) is 27.0 Å². The molecule has 2 N–H and O–H groups in total. The van der Waals surface area contributed by atoms with Crippen LogP contribution in [-0.2, 0) is 0 Å². The molecule has 0 saturated heterocycles. The van der Waals surface area contributed by atoms with Crippen LogP contribution in [0.25, 0.3) is 17.1 Å². The summed E-state index contributed by atoms with van der Waals surface area (Å²) in [5, 5.41) is 6.73.